The lowest BCUT2D eigenvalue weighted by Gasteiger charge is -2.15. The first kappa shape index (κ1) is 79.9. The fraction of sp³-hybridized carbons (Fsp3) is 0.0645. The van der Waals surface area contributed by atoms with Gasteiger partial charge >= 0.3 is 0 Å². The van der Waals surface area contributed by atoms with E-state index in [2.05, 4.69) is 486 Å². The van der Waals surface area contributed by atoms with Crippen molar-refractivity contribution in [3.05, 3.63) is 457 Å². The second kappa shape index (κ2) is 32.9. The van der Waals surface area contributed by atoms with Crippen molar-refractivity contribution in [3.63, 3.8) is 0 Å². The van der Waals surface area contributed by atoms with Crippen molar-refractivity contribution in [2.75, 3.05) is 0 Å². The molecule has 132 heavy (non-hydrogen) atoms. The van der Waals surface area contributed by atoms with Gasteiger partial charge in [-0.15, -0.1) is 0 Å². The summed E-state index contributed by atoms with van der Waals surface area (Å²) in [6.45, 7) is 17.2. The summed E-state index contributed by atoms with van der Waals surface area (Å²) in [5.41, 5.74) is 43.5. The van der Waals surface area contributed by atoms with Gasteiger partial charge in [0.25, 0.3) is 0 Å². The summed E-state index contributed by atoms with van der Waals surface area (Å²) in [6, 6.07) is 150. The second-order valence-corrected chi connectivity index (χ2v) is 35.6. The van der Waals surface area contributed by atoms with Crippen LogP contribution < -0.4 is 0 Å². The van der Waals surface area contributed by atoms with Crippen LogP contribution in [0.25, 0.3) is 222 Å². The van der Waals surface area contributed by atoms with Gasteiger partial charge < -0.3 is 18.3 Å². The molecular formula is C124H92N8. The average Bonchev–Trinajstić information content (AvgIpc) is 1.57. The standard InChI is InChI=1S/2C62H46N4/c1-39-17-21-46(22-18-39)56-38-57(64-62(63-56)47-23-19-40(2)20-24-47)54-36-41(3)53(35-42(54)4)45-27-25-43(26-28-45)44-29-31-48(32-30-44)65-60-16-10-7-13-52(60)55-37-49(33-34-61(55)65)66-58-14-8-5-11-50(58)51-12-6-9-15-59(51)66;1-39-9-15-47(16-10-39)56-38-57(64-62(63-56)49-17-11-40(2)12-18-49)48-25-23-45(24-26-48)43-19-21-44(22-20-43)46-27-29-50(30-28-46)65-58-8-6-5-7-52(58)55-37-51(31-34-61(55)65)66-59-32-13-41(3)35-53(59)54-36-42(4)14-33-60(54)66/h2*5-38H,1-4H3. The molecular weight excluding hydrogens is 1600 g/mol. The largest absolute Gasteiger partial charge is 0.309 e. The third-order valence-electron chi connectivity index (χ3n) is 26.6. The van der Waals surface area contributed by atoms with Gasteiger partial charge in [0.15, 0.2) is 11.6 Å². The Morgan fingerprint density at radius 2 is 0.379 bits per heavy atom. The van der Waals surface area contributed by atoms with Crippen LogP contribution >= 0.6 is 0 Å². The Morgan fingerprint density at radius 1 is 0.152 bits per heavy atom. The molecule has 0 aliphatic carbocycles. The maximum atomic E-state index is 5.17. The van der Waals surface area contributed by atoms with Crippen LogP contribution in [0.3, 0.4) is 0 Å². The molecule has 0 radical (unpaired) electrons. The lowest BCUT2D eigenvalue weighted by molar-refractivity contribution is 1.16. The molecule has 0 aliphatic rings. The minimum Gasteiger partial charge on any atom is -0.309 e. The molecule has 0 spiro atoms. The van der Waals surface area contributed by atoms with Crippen molar-refractivity contribution in [2.45, 2.75) is 55.4 Å². The normalized spacial score (nSPS) is 11.6. The molecule has 0 amide bonds. The van der Waals surface area contributed by atoms with Crippen LogP contribution in [-0.4, -0.2) is 38.2 Å². The topological polar surface area (TPSA) is 71.3 Å². The van der Waals surface area contributed by atoms with Gasteiger partial charge in [0, 0.05) is 99.2 Å². The molecule has 6 heterocycles. The summed E-state index contributed by atoms with van der Waals surface area (Å²) >= 11 is 0. The van der Waals surface area contributed by atoms with E-state index >= 15 is 0 Å². The number of fused-ring (bicyclic) bond motifs is 12. The summed E-state index contributed by atoms with van der Waals surface area (Å²) in [6.07, 6.45) is 0. The van der Waals surface area contributed by atoms with E-state index in [4.69, 9.17) is 19.9 Å². The van der Waals surface area contributed by atoms with Gasteiger partial charge in [0.2, 0.25) is 0 Å². The van der Waals surface area contributed by atoms with E-state index in [0.29, 0.717) is 0 Å². The first-order valence-electron chi connectivity index (χ1n) is 45.4. The first-order valence-corrected chi connectivity index (χ1v) is 45.4. The third kappa shape index (κ3) is 14.6. The number of para-hydroxylation sites is 4. The number of nitrogens with zero attached hydrogens (tertiary/aromatic N) is 8. The predicted octanol–water partition coefficient (Wildman–Crippen LogP) is 32.5. The van der Waals surface area contributed by atoms with Crippen LogP contribution in [-0.2, 0) is 0 Å². The molecule has 0 unspecified atom stereocenters. The van der Waals surface area contributed by atoms with Crippen molar-refractivity contribution in [2.24, 2.45) is 0 Å². The molecule has 8 nitrogen and oxygen atoms in total. The van der Waals surface area contributed by atoms with Gasteiger partial charge in [0.05, 0.1) is 66.9 Å². The number of aryl methyl sites for hydroxylation is 8. The number of hydrogen-bond donors (Lipinski definition) is 0. The van der Waals surface area contributed by atoms with Crippen LogP contribution in [0.5, 0.6) is 0 Å². The monoisotopic (exact) mass is 1690 g/mol. The van der Waals surface area contributed by atoms with Crippen LogP contribution in [0, 0.1) is 55.4 Å². The van der Waals surface area contributed by atoms with Crippen LogP contribution in [0.15, 0.2) is 413 Å². The summed E-state index contributed by atoms with van der Waals surface area (Å²) < 4.78 is 9.62. The molecule has 0 saturated carbocycles. The quantitative estimate of drug-likeness (QED) is 0.109. The second-order valence-electron chi connectivity index (χ2n) is 35.6. The molecule has 628 valence electrons. The highest BCUT2D eigenvalue weighted by atomic mass is 15.0. The highest BCUT2D eigenvalue weighted by Gasteiger charge is 2.23. The third-order valence-corrected chi connectivity index (χ3v) is 26.6. The molecule has 0 atom stereocenters. The number of benzene rings is 18. The molecule has 0 fully saturated rings. The maximum Gasteiger partial charge on any atom is 0.160 e. The Bertz CT molecular complexity index is 8390. The molecule has 8 heteroatoms. The zero-order valence-corrected chi connectivity index (χ0v) is 74.8. The molecule has 0 N–H and O–H groups in total. The molecule has 24 aromatic rings. The zero-order valence-electron chi connectivity index (χ0n) is 74.8. The van der Waals surface area contributed by atoms with E-state index in [1.54, 1.807) is 0 Å². The molecule has 0 aliphatic heterocycles. The molecule has 24 rings (SSSR count). The zero-order chi connectivity index (χ0) is 88.9. The van der Waals surface area contributed by atoms with Gasteiger partial charge in [-0.05, 0) is 238 Å². The lowest BCUT2D eigenvalue weighted by atomic mass is 9.92. The lowest BCUT2D eigenvalue weighted by Crippen LogP contribution is -1.98. The van der Waals surface area contributed by atoms with Crippen molar-refractivity contribution in [1.82, 2.24) is 38.2 Å². The Morgan fingerprint density at radius 3 is 0.735 bits per heavy atom. The fourth-order valence-corrected chi connectivity index (χ4v) is 19.6. The smallest absolute Gasteiger partial charge is 0.160 e. The summed E-state index contributed by atoms with van der Waals surface area (Å²) in [5.74, 6) is 1.45. The minimum absolute atomic E-state index is 0.723. The Balaban J connectivity index is 0.000000150. The fourth-order valence-electron chi connectivity index (χ4n) is 19.6. The highest BCUT2D eigenvalue weighted by Crippen LogP contribution is 2.44. The van der Waals surface area contributed by atoms with Crippen molar-refractivity contribution >= 4 is 87.2 Å². The Labute approximate surface area is 767 Å². The van der Waals surface area contributed by atoms with Crippen LogP contribution in [0.4, 0.5) is 0 Å². The SMILES string of the molecule is Cc1ccc(-c2cc(-c3cc(C)c(-c4ccc(-c5ccc(-n6c7ccccc7c7cc(-n8c9ccccc9c9ccccc98)ccc76)cc5)cc4)cc3C)nc(-c3ccc(C)cc3)n2)cc1.Cc1ccc(-c2cc(-c3ccc(-c4ccc(-c5ccc(-n6c7ccccc7c7cc(-n8c9ccc(C)cc9c9cc(C)ccc98)ccc76)cc5)cc4)cc3)nc(-c3ccc(C)cc3)n2)cc1. The average molecular weight is 1690 g/mol. The minimum atomic E-state index is 0.723. The van der Waals surface area contributed by atoms with Gasteiger partial charge in [-0.25, -0.2) is 19.9 Å². The summed E-state index contributed by atoms with van der Waals surface area (Å²) in [7, 11) is 0. The molecule has 0 saturated heterocycles. The van der Waals surface area contributed by atoms with Gasteiger partial charge in [0.1, 0.15) is 0 Å². The predicted molar refractivity (Wildman–Crippen MR) is 554 cm³/mol. The van der Waals surface area contributed by atoms with E-state index < -0.39 is 0 Å². The van der Waals surface area contributed by atoms with Crippen LogP contribution in [0.1, 0.15) is 44.5 Å². The number of aromatic nitrogens is 8. The van der Waals surface area contributed by atoms with E-state index in [0.717, 1.165) is 90.4 Å². The summed E-state index contributed by atoms with van der Waals surface area (Å²) in [5, 5.41) is 10.1. The first-order chi connectivity index (χ1) is 64.6. The van der Waals surface area contributed by atoms with Gasteiger partial charge in [-0.3, -0.25) is 0 Å². The molecule has 18 aromatic carbocycles. The van der Waals surface area contributed by atoms with E-state index in [9.17, 15) is 0 Å². The van der Waals surface area contributed by atoms with Crippen LogP contribution in [0.2, 0.25) is 0 Å². The highest BCUT2D eigenvalue weighted by molar-refractivity contribution is 6.15. The van der Waals surface area contributed by atoms with Crippen molar-refractivity contribution in [1.29, 1.82) is 0 Å². The molecule has 0 bridgehead atoms. The van der Waals surface area contributed by atoms with E-state index in [1.165, 1.54) is 176 Å². The maximum absolute atomic E-state index is 5.17. The van der Waals surface area contributed by atoms with E-state index in [1.807, 2.05) is 0 Å². The Kier molecular flexibility index (Phi) is 19.9. The van der Waals surface area contributed by atoms with Gasteiger partial charge in [-0.1, -0.05) is 318 Å². The number of hydrogen-bond acceptors (Lipinski definition) is 4. The Hall–Kier alpha value is -16.7. The van der Waals surface area contributed by atoms with E-state index in [-0.39, 0.29) is 0 Å². The number of rotatable bonds is 14. The van der Waals surface area contributed by atoms with Crippen molar-refractivity contribution in [3.8, 4) is 135 Å². The summed E-state index contributed by atoms with van der Waals surface area (Å²) in [4.78, 5) is 20.3. The van der Waals surface area contributed by atoms with Gasteiger partial charge in [-0.2, -0.15) is 0 Å². The molecule has 6 aromatic heterocycles. The van der Waals surface area contributed by atoms with Crippen molar-refractivity contribution < 1.29 is 0 Å².